The van der Waals surface area contributed by atoms with E-state index in [1.54, 1.807) is 0 Å². The van der Waals surface area contributed by atoms with Crippen LogP contribution >= 0.6 is 0 Å². The molecule has 0 atom stereocenters. The van der Waals surface area contributed by atoms with Gasteiger partial charge in [-0.25, -0.2) is 0 Å². The van der Waals surface area contributed by atoms with Gasteiger partial charge in [0.1, 0.15) is 0 Å². The van der Waals surface area contributed by atoms with Crippen LogP contribution in [0.1, 0.15) is 11.1 Å². The van der Waals surface area contributed by atoms with E-state index in [-0.39, 0.29) is 0 Å². The Hall–Kier alpha value is -4.94. The Balaban J connectivity index is 1.65. The molecule has 0 saturated carbocycles. The normalized spacial score (nSPS) is 11.2. The summed E-state index contributed by atoms with van der Waals surface area (Å²) in [4.78, 5) is 0. The average molecular weight is 511 g/mol. The summed E-state index contributed by atoms with van der Waals surface area (Å²) in [5.74, 6) is 0. The fourth-order valence-corrected chi connectivity index (χ4v) is 6.19. The van der Waals surface area contributed by atoms with E-state index in [0.717, 1.165) is 0 Å². The van der Waals surface area contributed by atoms with Crippen molar-refractivity contribution >= 4 is 21.5 Å². The second kappa shape index (κ2) is 9.98. The SMILES string of the molecule is Cc1ccccc1-c1ccc2c(-c3ccccc3)c3cc(-c4ccccc4C)ccc3c(-c3ccccc3)c2c1. The second-order valence-corrected chi connectivity index (χ2v) is 10.6. The maximum Gasteiger partial charge on any atom is -0.00261 e. The van der Waals surface area contributed by atoms with Crippen molar-refractivity contribution in [1.82, 2.24) is 0 Å². The molecule has 0 heterocycles. The Morgan fingerprint density at radius 2 is 0.675 bits per heavy atom. The van der Waals surface area contributed by atoms with Crippen LogP contribution in [0.25, 0.3) is 66.1 Å². The molecule has 40 heavy (non-hydrogen) atoms. The molecule has 0 aliphatic carbocycles. The molecule has 0 saturated heterocycles. The molecule has 7 rings (SSSR count). The van der Waals surface area contributed by atoms with Crippen molar-refractivity contribution in [3.05, 3.63) is 157 Å². The van der Waals surface area contributed by atoms with Crippen LogP contribution < -0.4 is 0 Å². The van der Waals surface area contributed by atoms with Gasteiger partial charge in [-0.05, 0) is 103 Å². The van der Waals surface area contributed by atoms with Crippen LogP contribution in [0.4, 0.5) is 0 Å². The van der Waals surface area contributed by atoms with Crippen molar-refractivity contribution in [2.75, 3.05) is 0 Å². The molecule has 0 heteroatoms. The van der Waals surface area contributed by atoms with E-state index < -0.39 is 0 Å². The quantitative estimate of drug-likeness (QED) is 0.207. The highest BCUT2D eigenvalue weighted by Crippen LogP contribution is 2.46. The minimum Gasteiger partial charge on any atom is -0.0622 e. The van der Waals surface area contributed by atoms with E-state index in [1.165, 1.54) is 77.2 Å². The highest BCUT2D eigenvalue weighted by atomic mass is 14.2. The number of hydrogen-bond donors (Lipinski definition) is 0. The highest BCUT2D eigenvalue weighted by Gasteiger charge is 2.18. The third-order valence-corrected chi connectivity index (χ3v) is 8.15. The minimum atomic E-state index is 1.24. The van der Waals surface area contributed by atoms with Gasteiger partial charge in [-0.3, -0.25) is 0 Å². The van der Waals surface area contributed by atoms with Crippen LogP contribution in [0.15, 0.2) is 146 Å². The molecule has 7 aromatic carbocycles. The zero-order chi connectivity index (χ0) is 27.1. The topological polar surface area (TPSA) is 0 Å². The summed E-state index contributed by atoms with van der Waals surface area (Å²) in [6.07, 6.45) is 0. The van der Waals surface area contributed by atoms with Crippen LogP contribution in [0, 0.1) is 13.8 Å². The van der Waals surface area contributed by atoms with Gasteiger partial charge in [-0.2, -0.15) is 0 Å². The Bertz CT molecular complexity index is 1850. The largest absolute Gasteiger partial charge is 0.0622 e. The summed E-state index contributed by atoms with van der Waals surface area (Å²) in [6.45, 7) is 4.39. The zero-order valence-electron chi connectivity index (χ0n) is 22.9. The number of aryl methyl sites for hydroxylation is 2. The van der Waals surface area contributed by atoms with Crippen LogP contribution in [0.5, 0.6) is 0 Å². The Morgan fingerprint density at radius 1 is 0.300 bits per heavy atom. The lowest BCUT2D eigenvalue weighted by molar-refractivity contribution is 1.46. The summed E-state index contributed by atoms with van der Waals surface area (Å²) in [7, 11) is 0. The lowest BCUT2D eigenvalue weighted by Crippen LogP contribution is -1.93. The van der Waals surface area contributed by atoms with Gasteiger partial charge in [0.05, 0.1) is 0 Å². The first-order chi connectivity index (χ1) is 19.7. The van der Waals surface area contributed by atoms with Gasteiger partial charge in [-0.15, -0.1) is 0 Å². The molecule has 0 amide bonds. The van der Waals surface area contributed by atoms with Gasteiger partial charge >= 0.3 is 0 Å². The number of fused-ring (bicyclic) bond motifs is 2. The molecule has 0 aliphatic rings. The number of rotatable bonds is 4. The molecule has 0 nitrogen and oxygen atoms in total. The summed E-state index contributed by atoms with van der Waals surface area (Å²) >= 11 is 0. The van der Waals surface area contributed by atoms with Crippen molar-refractivity contribution in [2.24, 2.45) is 0 Å². The third-order valence-electron chi connectivity index (χ3n) is 8.15. The summed E-state index contributed by atoms with van der Waals surface area (Å²) < 4.78 is 0. The maximum atomic E-state index is 2.40. The van der Waals surface area contributed by atoms with Crippen LogP contribution in [0.3, 0.4) is 0 Å². The summed E-state index contributed by atoms with van der Waals surface area (Å²) in [5, 5.41) is 5.11. The Labute approximate surface area is 236 Å². The predicted molar refractivity (Wildman–Crippen MR) is 173 cm³/mol. The van der Waals surface area contributed by atoms with Crippen LogP contribution in [-0.2, 0) is 0 Å². The van der Waals surface area contributed by atoms with E-state index in [9.17, 15) is 0 Å². The lowest BCUT2D eigenvalue weighted by atomic mass is 9.83. The molecule has 7 aromatic rings. The molecule has 0 radical (unpaired) electrons. The monoisotopic (exact) mass is 510 g/mol. The van der Waals surface area contributed by atoms with E-state index in [1.807, 2.05) is 0 Å². The third kappa shape index (κ3) is 4.10. The number of hydrogen-bond acceptors (Lipinski definition) is 0. The molecule has 0 unspecified atom stereocenters. The molecular formula is C40H30. The van der Waals surface area contributed by atoms with Crippen molar-refractivity contribution in [3.63, 3.8) is 0 Å². The Morgan fingerprint density at radius 3 is 1.07 bits per heavy atom. The van der Waals surface area contributed by atoms with Gasteiger partial charge in [-0.1, -0.05) is 133 Å². The molecule has 0 bridgehead atoms. The molecule has 0 spiro atoms. The molecule has 0 fully saturated rings. The van der Waals surface area contributed by atoms with Crippen molar-refractivity contribution < 1.29 is 0 Å². The minimum absolute atomic E-state index is 1.24. The molecule has 0 aliphatic heterocycles. The van der Waals surface area contributed by atoms with Gasteiger partial charge in [0, 0.05) is 0 Å². The first-order valence-electron chi connectivity index (χ1n) is 14.0. The first-order valence-corrected chi connectivity index (χ1v) is 14.0. The molecule has 190 valence electrons. The number of benzene rings is 7. The lowest BCUT2D eigenvalue weighted by Gasteiger charge is -2.20. The van der Waals surface area contributed by atoms with Crippen molar-refractivity contribution in [2.45, 2.75) is 13.8 Å². The molecule has 0 aromatic heterocycles. The van der Waals surface area contributed by atoms with Crippen molar-refractivity contribution in [1.29, 1.82) is 0 Å². The maximum absolute atomic E-state index is 2.40. The summed E-state index contributed by atoms with van der Waals surface area (Å²) in [5.41, 5.74) is 12.7. The highest BCUT2D eigenvalue weighted by molar-refractivity contribution is 6.22. The van der Waals surface area contributed by atoms with E-state index in [0.29, 0.717) is 0 Å². The standard InChI is InChI=1S/C40H30/c1-27-13-9-11-19-33(27)31-21-23-35-37(25-31)39(29-15-5-3-6-16-29)36-24-22-32(34-20-12-10-14-28(34)2)26-38(36)40(35)30-17-7-4-8-18-30/h3-26H,1-2H3. The fourth-order valence-electron chi connectivity index (χ4n) is 6.19. The van der Waals surface area contributed by atoms with Crippen molar-refractivity contribution in [3.8, 4) is 44.5 Å². The van der Waals surface area contributed by atoms with Gasteiger partial charge in [0.15, 0.2) is 0 Å². The average Bonchev–Trinajstić information content (AvgIpc) is 3.00. The first kappa shape index (κ1) is 24.1. The second-order valence-electron chi connectivity index (χ2n) is 10.6. The van der Waals surface area contributed by atoms with Gasteiger partial charge in [0.2, 0.25) is 0 Å². The summed E-state index contributed by atoms with van der Waals surface area (Å²) in [6, 6.07) is 53.2. The van der Waals surface area contributed by atoms with Crippen LogP contribution in [0.2, 0.25) is 0 Å². The van der Waals surface area contributed by atoms with Gasteiger partial charge < -0.3 is 0 Å². The van der Waals surface area contributed by atoms with E-state index in [4.69, 9.17) is 0 Å². The zero-order valence-corrected chi connectivity index (χ0v) is 22.9. The van der Waals surface area contributed by atoms with Gasteiger partial charge in [0.25, 0.3) is 0 Å². The molecule has 0 N–H and O–H groups in total. The smallest absolute Gasteiger partial charge is 0.00261 e. The van der Waals surface area contributed by atoms with Crippen LogP contribution in [-0.4, -0.2) is 0 Å². The Kier molecular flexibility index (Phi) is 6.02. The fraction of sp³-hybridized carbons (Fsp3) is 0.0500. The predicted octanol–water partition coefficient (Wildman–Crippen LogP) is 11.3. The van der Waals surface area contributed by atoms with E-state index >= 15 is 0 Å². The molecular weight excluding hydrogens is 480 g/mol. The van der Waals surface area contributed by atoms with E-state index in [2.05, 4.69) is 159 Å².